The molecular weight excluding hydrogens is 226 g/mol. The number of nitrogens with zero attached hydrogens (tertiary/aromatic N) is 1. The third kappa shape index (κ3) is 2.59. The Labute approximate surface area is 97.1 Å². The van der Waals surface area contributed by atoms with Gasteiger partial charge in [-0.1, -0.05) is 0 Å². The lowest BCUT2D eigenvalue weighted by molar-refractivity contribution is 0.0937. The van der Waals surface area contributed by atoms with Gasteiger partial charge in [0.25, 0.3) is 5.91 Å². The van der Waals surface area contributed by atoms with Gasteiger partial charge in [-0.3, -0.25) is 4.79 Å². The van der Waals surface area contributed by atoms with Gasteiger partial charge < -0.3 is 5.32 Å². The fourth-order valence-electron chi connectivity index (χ4n) is 1.58. The molecule has 88 valence electrons. The fourth-order valence-corrected chi connectivity index (χ4v) is 1.58. The quantitative estimate of drug-likeness (QED) is 0.872. The Hall–Kier alpha value is -1.96. The Morgan fingerprint density at radius 1 is 1.47 bits per heavy atom. The van der Waals surface area contributed by atoms with Crippen molar-refractivity contribution < 1.29 is 13.6 Å². The average Bonchev–Trinajstić information content (AvgIpc) is 3.09. The summed E-state index contributed by atoms with van der Waals surface area (Å²) in [7, 11) is 0. The first-order chi connectivity index (χ1) is 8.11. The molecule has 0 radical (unpaired) electrons. The lowest BCUT2D eigenvalue weighted by Crippen LogP contribution is -2.35. The van der Waals surface area contributed by atoms with Gasteiger partial charge in [-0.15, -0.1) is 0 Å². The summed E-state index contributed by atoms with van der Waals surface area (Å²) in [5, 5.41) is 11.3. The van der Waals surface area contributed by atoms with Crippen LogP contribution < -0.4 is 5.32 Å². The Kier molecular flexibility index (Phi) is 3.05. The van der Waals surface area contributed by atoms with Crippen molar-refractivity contribution in [1.82, 2.24) is 5.32 Å². The smallest absolute Gasteiger partial charge is 0.255 e. The lowest BCUT2D eigenvalue weighted by Gasteiger charge is -2.10. The molecule has 0 heterocycles. The van der Waals surface area contributed by atoms with E-state index in [2.05, 4.69) is 5.32 Å². The van der Waals surface area contributed by atoms with Crippen molar-refractivity contribution >= 4 is 5.91 Å². The van der Waals surface area contributed by atoms with Crippen LogP contribution in [0.3, 0.4) is 0 Å². The third-order valence-corrected chi connectivity index (χ3v) is 2.69. The van der Waals surface area contributed by atoms with Crippen LogP contribution in [0.25, 0.3) is 0 Å². The van der Waals surface area contributed by atoms with Crippen LogP contribution in [0, 0.1) is 28.9 Å². The maximum atomic E-state index is 13.3. The van der Waals surface area contributed by atoms with E-state index in [1.807, 2.05) is 6.07 Å². The first kappa shape index (κ1) is 11.5. The molecular formula is C12H10F2N2O. The summed E-state index contributed by atoms with van der Waals surface area (Å²) in [6.07, 6.45) is 1.79. The second-order valence-corrected chi connectivity index (χ2v) is 4.04. The zero-order valence-corrected chi connectivity index (χ0v) is 8.91. The van der Waals surface area contributed by atoms with Crippen LogP contribution in [0.1, 0.15) is 23.2 Å². The molecule has 0 aromatic heterocycles. The van der Waals surface area contributed by atoms with Crippen molar-refractivity contribution in [2.24, 2.45) is 5.92 Å². The molecule has 1 aromatic carbocycles. The lowest BCUT2D eigenvalue weighted by atomic mass is 10.1. The standard InChI is InChI=1S/C12H10F2N2O/c13-8-3-4-9(10(14)5-8)12(17)16-11(6-15)7-1-2-7/h3-5,7,11H,1-2H2,(H,16,17). The summed E-state index contributed by atoms with van der Waals surface area (Å²) in [5.41, 5.74) is -0.243. The zero-order chi connectivity index (χ0) is 12.4. The first-order valence-corrected chi connectivity index (χ1v) is 5.27. The minimum Gasteiger partial charge on any atom is -0.336 e. The van der Waals surface area contributed by atoms with E-state index in [1.54, 1.807) is 0 Å². The van der Waals surface area contributed by atoms with Crippen LogP contribution in [0.4, 0.5) is 8.78 Å². The van der Waals surface area contributed by atoms with Gasteiger partial charge in [0.15, 0.2) is 0 Å². The Morgan fingerprint density at radius 2 is 2.18 bits per heavy atom. The summed E-state index contributed by atoms with van der Waals surface area (Å²) in [6.45, 7) is 0. The topological polar surface area (TPSA) is 52.9 Å². The van der Waals surface area contributed by atoms with E-state index in [4.69, 9.17) is 5.26 Å². The van der Waals surface area contributed by atoms with E-state index in [-0.39, 0.29) is 11.5 Å². The largest absolute Gasteiger partial charge is 0.336 e. The van der Waals surface area contributed by atoms with E-state index >= 15 is 0 Å². The van der Waals surface area contributed by atoms with E-state index in [0.29, 0.717) is 6.07 Å². The third-order valence-electron chi connectivity index (χ3n) is 2.69. The van der Waals surface area contributed by atoms with Gasteiger partial charge in [0.05, 0.1) is 11.6 Å². The first-order valence-electron chi connectivity index (χ1n) is 5.27. The highest BCUT2D eigenvalue weighted by Crippen LogP contribution is 2.32. The van der Waals surface area contributed by atoms with Crippen LogP contribution in [0.15, 0.2) is 18.2 Å². The number of nitrogens with one attached hydrogen (secondary N) is 1. The summed E-state index contributed by atoms with van der Waals surface area (Å²) in [5.74, 6) is -2.18. The number of halogens is 2. The number of hydrogen-bond donors (Lipinski definition) is 1. The van der Waals surface area contributed by atoms with Gasteiger partial charge in [-0.2, -0.15) is 5.26 Å². The molecule has 1 aliphatic rings. The van der Waals surface area contributed by atoms with Crippen molar-refractivity contribution in [3.8, 4) is 6.07 Å². The number of carbonyl (C=O) groups is 1. The van der Waals surface area contributed by atoms with Crippen LogP contribution in [0.5, 0.6) is 0 Å². The molecule has 1 atom stereocenters. The molecule has 2 rings (SSSR count). The molecule has 0 saturated heterocycles. The molecule has 1 saturated carbocycles. The molecule has 17 heavy (non-hydrogen) atoms. The summed E-state index contributed by atoms with van der Waals surface area (Å²) < 4.78 is 25.9. The maximum Gasteiger partial charge on any atom is 0.255 e. The molecule has 1 N–H and O–H groups in total. The van der Waals surface area contributed by atoms with Gasteiger partial charge in [-0.05, 0) is 30.9 Å². The molecule has 5 heteroatoms. The SMILES string of the molecule is N#CC(NC(=O)c1ccc(F)cc1F)C1CC1. The van der Waals surface area contributed by atoms with Crippen LogP contribution >= 0.6 is 0 Å². The second-order valence-electron chi connectivity index (χ2n) is 4.04. The van der Waals surface area contributed by atoms with Crippen molar-refractivity contribution in [3.63, 3.8) is 0 Å². The molecule has 1 aliphatic carbocycles. The van der Waals surface area contributed by atoms with E-state index in [9.17, 15) is 13.6 Å². The van der Waals surface area contributed by atoms with Crippen molar-refractivity contribution in [2.45, 2.75) is 18.9 Å². The highest BCUT2D eigenvalue weighted by atomic mass is 19.1. The number of nitriles is 1. The highest BCUT2D eigenvalue weighted by Gasteiger charge is 2.32. The molecule has 1 amide bonds. The van der Waals surface area contributed by atoms with E-state index in [0.717, 1.165) is 25.0 Å². The normalized spacial score (nSPS) is 16.1. The summed E-state index contributed by atoms with van der Waals surface area (Å²) >= 11 is 0. The number of amides is 1. The molecule has 1 unspecified atom stereocenters. The van der Waals surface area contributed by atoms with Crippen LogP contribution in [0.2, 0.25) is 0 Å². The molecule has 1 fully saturated rings. The number of hydrogen-bond acceptors (Lipinski definition) is 2. The van der Waals surface area contributed by atoms with Gasteiger partial charge in [0, 0.05) is 6.07 Å². The van der Waals surface area contributed by atoms with Gasteiger partial charge in [-0.25, -0.2) is 8.78 Å². The molecule has 0 aliphatic heterocycles. The Morgan fingerprint density at radius 3 is 2.71 bits per heavy atom. The molecule has 3 nitrogen and oxygen atoms in total. The fraction of sp³-hybridized carbons (Fsp3) is 0.333. The average molecular weight is 236 g/mol. The predicted octanol–water partition coefficient (Wildman–Crippen LogP) is 2.00. The second kappa shape index (κ2) is 4.50. The van der Waals surface area contributed by atoms with Gasteiger partial charge in [0.2, 0.25) is 0 Å². The van der Waals surface area contributed by atoms with E-state index in [1.165, 1.54) is 0 Å². The highest BCUT2D eigenvalue weighted by molar-refractivity contribution is 5.94. The minimum atomic E-state index is -0.921. The zero-order valence-electron chi connectivity index (χ0n) is 8.91. The number of benzene rings is 1. The minimum absolute atomic E-state index is 0.160. The molecule has 0 spiro atoms. The number of carbonyl (C=O) groups excluding carboxylic acids is 1. The van der Waals surface area contributed by atoms with E-state index < -0.39 is 23.6 Å². The summed E-state index contributed by atoms with van der Waals surface area (Å²) in [4.78, 5) is 11.7. The summed E-state index contributed by atoms with van der Waals surface area (Å²) in [6, 6.07) is 4.10. The maximum absolute atomic E-state index is 13.3. The van der Waals surface area contributed by atoms with Crippen LogP contribution in [-0.4, -0.2) is 11.9 Å². The predicted molar refractivity (Wildman–Crippen MR) is 55.9 cm³/mol. The Bertz CT molecular complexity index is 492. The van der Waals surface area contributed by atoms with Crippen LogP contribution in [-0.2, 0) is 0 Å². The Balaban J connectivity index is 2.11. The van der Waals surface area contributed by atoms with Crippen molar-refractivity contribution in [1.29, 1.82) is 5.26 Å². The molecule has 0 bridgehead atoms. The molecule has 1 aromatic rings. The van der Waals surface area contributed by atoms with Crippen molar-refractivity contribution in [2.75, 3.05) is 0 Å². The monoisotopic (exact) mass is 236 g/mol. The van der Waals surface area contributed by atoms with Gasteiger partial charge in [0.1, 0.15) is 17.7 Å². The number of rotatable bonds is 3. The van der Waals surface area contributed by atoms with Crippen molar-refractivity contribution in [3.05, 3.63) is 35.4 Å². The van der Waals surface area contributed by atoms with Gasteiger partial charge >= 0.3 is 0 Å².